The van der Waals surface area contributed by atoms with E-state index in [4.69, 9.17) is 0 Å². The van der Waals surface area contributed by atoms with E-state index in [9.17, 15) is 14.4 Å². The molecule has 2 amide bonds. The number of carbonyl (C=O) groups excluding carboxylic acids is 3. The molecule has 0 radical (unpaired) electrons. The minimum absolute atomic E-state index is 0.106. The summed E-state index contributed by atoms with van der Waals surface area (Å²) in [6, 6.07) is 8.60. The second-order valence-electron chi connectivity index (χ2n) is 3.72. The zero-order valence-corrected chi connectivity index (χ0v) is 10.6. The Balaban J connectivity index is 2.23. The Labute approximate surface area is 111 Å². The number of benzene rings is 1. The van der Waals surface area contributed by atoms with Crippen LogP contribution in [0, 0.1) is 0 Å². The monoisotopic (exact) mass is 264 g/mol. The van der Waals surface area contributed by atoms with Crippen molar-refractivity contribution in [2.24, 2.45) is 0 Å². The average molecular weight is 264 g/mol. The molecule has 102 valence electrons. The Kier molecular flexibility index (Phi) is 6.08. The first kappa shape index (κ1) is 14.7. The standard InChI is InChI=1S/C13H16N2O4/c1-19-12(17)7-8-14-11(16)9-15-13(18)10-5-3-2-4-6-10/h2-6H,7-9H2,1H3,(H,14,16)(H,15,18). The Morgan fingerprint density at radius 2 is 1.79 bits per heavy atom. The largest absolute Gasteiger partial charge is 0.469 e. The van der Waals surface area contributed by atoms with Crippen LogP contribution in [0.4, 0.5) is 0 Å². The average Bonchev–Trinajstić information content (AvgIpc) is 2.45. The van der Waals surface area contributed by atoms with Crippen LogP contribution < -0.4 is 10.6 Å². The highest BCUT2D eigenvalue weighted by molar-refractivity contribution is 5.96. The lowest BCUT2D eigenvalue weighted by atomic mass is 10.2. The summed E-state index contributed by atoms with van der Waals surface area (Å²) in [4.78, 5) is 33.8. The van der Waals surface area contributed by atoms with Gasteiger partial charge >= 0.3 is 5.97 Å². The van der Waals surface area contributed by atoms with Crippen molar-refractivity contribution in [1.29, 1.82) is 0 Å². The molecule has 0 unspecified atom stereocenters. The van der Waals surface area contributed by atoms with Crippen molar-refractivity contribution >= 4 is 17.8 Å². The molecule has 0 aliphatic heterocycles. The summed E-state index contributed by atoms with van der Waals surface area (Å²) in [6.07, 6.45) is 0.106. The third-order valence-corrected chi connectivity index (χ3v) is 2.32. The van der Waals surface area contributed by atoms with Gasteiger partial charge in [0.25, 0.3) is 5.91 Å². The number of amides is 2. The molecule has 0 aliphatic carbocycles. The molecule has 1 rings (SSSR count). The van der Waals surface area contributed by atoms with Gasteiger partial charge in [-0.05, 0) is 12.1 Å². The fourth-order valence-electron chi connectivity index (χ4n) is 1.32. The van der Waals surface area contributed by atoms with Crippen LogP contribution in [0.3, 0.4) is 0 Å². The van der Waals surface area contributed by atoms with Crippen LogP contribution in [0.15, 0.2) is 30.3 Å². The molecule has 1 aromatic carbocycles. The maximum absolute atomic E-state index is 11.6. The number of hydrogen-bond donors (Lipinski definition) is 2. The molecule has 0 spiro atoms. The predicted octanol–water partition coefficient (Wildman–Crippen LogP) is 0.0957. The molecule has 19 heavy (non-hydrogen) atoms. The maximum atomic E-state index is 11.6. The van der Waals surface area contributed by atoms with E-state index in [0.29, 0.717) is 5.56 Å². The minimum atomic E-state index is -0.395. The number of esters is 1. The molecule has 0 heterocycles. The third kappa shape index (κ3) is 5.67. The fourth-order valence-corrected chi connectivity index (χ4v) is 1.32. The summed E-state index contributed by atoms with van der Waals surface area (Å²) in [5.74, 6) is -1.06. The fraction of sp³-hybridized carbons (Fsp3) is 0.308. The maximum Gasteiger partial charge on any atom is 0.307 e. The summed E-state index contributed by atoms with van der Waals surface area (Å²) in [6.45, 7) is 0.0572. The third-order valence-electron chi connectivity index (χ3n) is 2.32. The Bertz CT molecular complexity index is 445. The first-order chi connectivity index (χ1) is 9.13. The highest BCUT2D eigenvalue weighted by Crippen LogP contribution is 1.97. The van der Waals surface area contributed by atoms with Gasteiger partial charge in [-0.2, -0.15) is 0 Å². The number of methoxy groups -OCH3 is 1. The van der Waals surface area contributed by atoms with Crippen molar-refractivity contribution in [3.05, 3.63) is 35.9 Å². The van der Waals surface area contributed by atoms with E-state index in [2.05, 4.69) is 15.4 Å². The van der Waals surface area contributed by atoms with E-state index >= 15 is 0 Å². The second-order valence-corrected chi connectivity index (χ2v) is 3.72. The van der Waals surface area contributed by atoms with Gasteiger partial charge in [-0.1, -0.05) is 18.2 Å². The van der Waals surface area contributed by atoms with Gasteiger partial charge in [-0.25, -0.2) is 0 Å². The number of carbonyl (C=O) groups is 3. The SMILES string of the molecule is COC(=O)CCNC(=O)CNC(=O)c1ccccc1. The normalized spacial score (nSPS) is 9.53. The van der Waals surface area contributed by atoms with Crippen molar-refractivity contribution in [1.82, 2.24) is 10.6 Å². The van der Waals surface area contributed by atoms with Gasteiger partial charge in [-0.15, -0.1) is 0 Å². The Morgan fingerprint density at radius 1 is 1.11 bits per heavy atom. The molecule has 0 saturated carbocycles. The van der Waals surface area contributed by atoms with E-state index in [-0.39, 0.29) is 31.3 Å². The lowest BCUT2D eigenvalue weighted by Crippen LogP contribution is -2.37. The van der Waals surface area contributed by atoms with E-state index in [1.165, 1.54) is 7.11 Å². The van der Waals surface area contributed by atoms with Crippen LogP contribution >= 0.6 is 0 Å². The zero-order valence-electron chi connectivity index (χ0n) is 10.6. The second kappa shape index (κ2) is 7.86. The van der Waals surface area contributed by atoms with Gasteiger partial charge < -0.3 is 15.4 Å². The van der Waals surface area contributed by atoms with E-state index in [1.54, 1.807) is 30.3 Å². The number of hydrogen-bond acceptors (Lipinski definition) is 4. The van der Waals surface area contributed by atoms with Crippen LogP contribution in [0.2, 0.25) is 0 Å². The molecule has 0 aromatic heterocycles. The summed E-state index contributed by atoms with van der Waals surface area (Å²) in [5, 5.41) is 4.98. The topological polar surface area (TPSA) is 84.5 Å². The van der Waals surface area contributed by atoms with E-state index in [0.717, 1.165) is 0 Å². The van der Waals surface area contributed by atoms with Gasteiger partial charge in [0, 0.05) is 12.1 Å². The summed E-state index contributed by atoms with van der Waals surface area (Å²) in [7, 11) is 1.28. The Hall–Kier alpha value is -2.37. The first-order valence-electron chi connectivity index (χ1n) is 5.80. The molecule has 6 nitrogen and oxygen atoms in total. The molecule has 2 N–H and O–H groups in total. The summed E-state index contributed by atoms with van der Waals surface area (Å²) in [5.41, 5.74) is 0.491. The first-order valence-corrected chi connectivity index (χ1v) is 5.80. The van der Waals surface area contributed by atoms with Crippen molar-refractivity contribution in [3.63, 3.8) is 0 Å². The predicted molar refractivity (Wildman–Crippen MR) is 68.4 cm³/mol. The lowest BCUT2D eigenvalue weighted by molar-refractivity contribution is -0.140. The molecule has 0 aliphatic rings. The van der Waals surface area contributed by atoms with Crippen LogP contribution in [-0.4, -0.2) is 38.0 Å². The molecule has 0 atom stereocenters. The van der Waals surface area contributed by atoms with Gasteiger partial charge in [0.05, 0.1) is 20.1 Å². The van der Waals surface area contributed by atoms with Crippen molar-refractivity contribution < 1.29 is 19.1 Å². The van der Waals surface area contributed by atoms with Gasteiger partial charge in [0.2, 0.25) is 5.91 Å². The van der Waals surface area contributed by atoms with Crippen LogP contribution in [0.5, 0.6) is 0 Å². The van der Waals surface area contributed by atoms with Gasteiger partial charge in [-0.3, -0.25) is 14.4 Å². The minimum Gasteiger partial charge on any atom is -0.469 e. The zero-order chi connectivity index (χ0) is 14.1. The summed E-state index contributed by atoms with van der Waals surface area (Å²) >= 11 is 0. The quantitative estimate of drug-likeness (QED) is 0.713. The molecular formula is C13H16N2O4. The summed E-state index contributed by atoms with van der Waals surface area (Å²) < 4.78 is 4.43. The van der Waals surface area contributed by atoms with Crippen LogP contribution in [0.25, 0.3) is 0 Å². The van der Waals surface area contributed by atoms with Crippen molar-refractivity contribution in [2.75, 3.05) is 20.2 Å². The molecule has 0 bridgehead atoms. The highest BCUT2D eigenvalue weighted by Gasteiger charge is 2.07. The van der Waals surface area contributed by atoms with Crippen molar-refractivity contribution in [2.45, 2.75) is 6.42 Å². The van der Waals surface area contributed by atoms with E-state index in [1.807, 2.05) is 0 Å². The molecule has 1 aromatic rings. The number of nitrogens with one attached hydrogen (secondary N) is 2. The smallest absolute Gasteiger partial charge is 0.307 e. The van der Waals surface area contributed by atoms with Gasteiger partial charge in [0.15, 0.2) is 0 Å². The number of rotatable bonds is 6. The molecule has 0 saturated heterocycles. The molecular weight excluding hydrogens is 248 g/mol. The van der Waals surface area contributed by atoms with Crippen LogP contribution in [0.1, 0.15) is 16.8 Å². The number of ether oxygens (including phenoxy) is 1. The van der Waals surface area contributed by atoms with Crippen molar-refractivity contribution in [3.8, 4) is 0 Å². The lowest BCUT2D eigenvalue weighted by Gasteiger charge is -2.06. The van der Waals surface area contributed by atoms with Crippen LogP contribution in [-0.2, 0) is 14.3 Å². The molecule has 0 fully saturated rings. The molecule has 6 heteroatoms. The van der Waals surface area contributed by atoms with Gasteiger partial charge in [0.1, 0.15) is 0 Å². The Morgan fingerprint density at radius 3 is 2.42 bits per heavy atom. The van der Waals surface area contributed by atoms with E-state index < -0.39 is 5.97 Å². The highest BCUT2D eigenvalue weighted by atomic mass is 16.5.